The topological polar surface area (TPSA) is 70.7 Å². The lowest BCUT2D eigenvalue weighted by atomic mass is 9.95. The summed E-state index contributed by atoms with van der Waals surface area (Å²) in [5.41, 5.74) is 0.976. The molecule has 2 rings (SSSR count). The largest absolute Gasteiger partial charge is 0.351 e. The van der Waals surface area contributed by atoms with Crippen molar-refractivity contribution in [2.45, 2.75) is 34.2 Å². The number of aryl methyl sites for hydroxylation is 1. The van der Waals surface area contributed by atoms with E-state index < -0.39 is 11.4 Å². The summed E-state index contributed by atoms with van der Waals surface area (Å²) >= 11 is 0. The number of amides is 1. The van der Waals surface area contributed by atoms with Gasteiger partial charge in [0, 0.05) is 17.3 Å². The second-order valence-electron chi connectivity index (χ2n) is 5.56. The molecule has 0 aliphatic rings. The second kappa shape index (κ2) is 4.60. The third kappa shape index (κ3) is 2.57. The van der Waals surface area contributed by atoms with Crippen LogP contribution in [0.4, 0.5) is 4.39 Å². The Bertz CT molecular complexity index is 627. The lowest BCUT2D eigenvalue weighted by Gasteiger charge is -2.18. The normalized spacial score (nSPS) is 11.8. The van der Waals surface area contributed by atoms with Gasteiger partial charge in [-0.3, -0.25) is 9.89 Å². The Balaban J connectivity index is 2.31. The molecule has 2 heterocycles. The molecule has 5 nitrogen and oxygen atoms in total. The molecular weight excluding hydrogens is 247 g/mol. The summed E-state index contributed by atoms with van der Waals surface area (Å²) in [5.74, 6) is -0.719. The van der Waals surface area contributed by atoms with Crippen molar-refractivity contribution in [2.24, 2.45) is 5.41 Å². The fourth-order valence-electron chi connectivity index (χ4n) is 1.76. The number of nitrogens with one attached hydrogen (secondary N) is 2. The maximum atomic E-state index is 13.9. The Kier molecular flexibility index (Phi) is 3.26. The number of hydrogen-bond acceptors (Lipinski definition) is 3. The molecule has 0 aliphatic heterocycles. The number of rotatable bonds is 2. The summed E-state index contributed by atoms with van der Waals surface area (Å²) in [6.07, 6.45) is 1.60. The van der Waals surface area contributed by atoms with Crippen LogP contribution >= 0.6 is 0 Å². The molecule has 0 radical (unpaired) electrons. The summed E-state index contributed by atoms with van der Waals surface area (Å²) in [7, 11) is 0. The predicted octanol–water partition coefficient (Wildman–Crippen LogP) is 2.07. The number of aromatic nitrogens is 3. The van der Waals surface area contributed by atoms with Gasteiger partial charge in [-0.1, -0.05) is 20.8 Å². The lowest BCUT2D eigenvalue weighted by molar-refractivity contribution is -0.128. The summed E-state index contributed by atoms with van der Waals surface area (Å²) in [6.45, 7) is 7.22. The zero-order valence-electron chi connectivity index (χ0n) is 11.5. The van der Waals surface area contributed by atoms with Crippen molar-refractivity contribution in [3.63, 3.8) is 0 Å². The van der Waals surface area contributed by atoms with E-state index in [2.05, 4.69) is 20.5 Å². The number of carbonyl (C=O) groups is 1. The predicted molar refractivity (Wildman–Crippen MR) is 69.9 cm³/mol. The number of aromatic amines is 1. The van der Waals surface area contributed by atoms with Gasteiger partial charge in [0.2, 0.25) is 11.9 Å². The maximum Gasteiger partial charge on any atom is 0.225 e. The zero-order chi connectivity index (χ0) is 14.2. The van der Waals surface area contributed by atoms with Crippen molar-refractivity contribution >= 4 is 16.8 Å². The number of hydrogen-bond donors (Lipinski definition) is 2. The van der Waals surface area contributed by atoms with Gasteiger partial charge in [-0.2, -0.15) is 9.49 Å². The highest BCUT2D eigenvalue weighted by atomic mass is 19.1. The molecule has 0 unspecified atom stereocenters. The molecule has 0 spiro atoms. The number of halogens is 1. The van der Waals surface area contributed by atoms with Gasteiger partial charge >= 0.3 is 0 Å². The van der Waals surface area contributed by atoms with Crippen LogP contribution in [0.15, 0.2) is 6.20 Å². The van der Waals surface area contributed by atoms with Crippen LogP contribution in [0.5, 0.6) is 0 Å². The van der Waals surface area contributed by atoms with Gasteiger partial charge < -0.3 is 5.32 Å². The van der Waals surface area contributed by atoms with E-state index in [9.17, 15) is 9.18 Å². The summed E-state index contributed by atoms with van der Waals surface area (Å²) in [6, 6.07) is 0. The highest BCUT2D eigenvalue weighted by molar-refractivity contribution is 5.84. The number of pyridine rings is 1. The van der Waals surface area contributed by atoms with Crippen molar-refractivity contribution < 1.29 is 9.18 Å². The zero-order valence-corrected chi connectivity index (χ0v) is 11.5. The lowest BCUT2D eigenvalue weighted by Crippen LogP contribution is -2.34. The molecule has 102 valence electrons. The van der Waals surface area contributed by atoms with E-state index in [0.717, 1.165) is 5.39 Å². The van der Waals surface area contributed by atoms with Gasteiger partial charge in [-0.15, -0.1) is 0 Å². The van der Waals surface area contributed by atoms with E-state index in [4.69, 9.17) is 0 Å². The standard InChI is InChI=1S/C13H17FN4O/c1-7-8-6-16-18-10(8)9(11(14)17-7)5-15-12(19)13(2,3)4/h6H,5H2,1-4H3,(H,15,19)(H,16,18). The fourth-order valence-corrected chi connectivity index (χ4v) is 1.76. The van der Waals surface area contributed by atoms with Crippen molar-refractivity contribution in [1.82, 2.24) is 20.5 Å². The number of fused-ring (bicyclic) bond motifs is 1. The van der Waals surface area contributed by atoms with E-state index in [1.54, 1.807) is 33.9 Å². The summed E-state index contributed by atoms with van der Waals surface area (Å²) < 4.78 is 13.9. The van der Waals surface area contributed by atoms with Crippen LogP contribution in [-0.2, 0) is 11.3 Å². The minimum Gasteiger partial charge on any atom is -0.351 e. The van der Waals surface area contributed by atoms with Crippen LogP contribution in [0, 0.1) is 18.3 Å². The number of nitrogens with zero attached hydrogens (tertiary/aromatic N) is 2. The van der Waals surface area contributed by atoms with E-state index in [-0.39, 0.29) is 12.5 Å². The number of H-pyrrole nitrogens is 1. The maximum absolute atomic E-state index is 13.9. The van der Waals surface area contributed by atoms with Crippen molar-refractivity contribution in [3.05, 3.63) is 23.4 Å². The monoisotopic (exact) mass is 264 g/mol. The van der Waals surface area contributed by atoms with Crippen LogP contribution in [0.3, 0.4) is 0 Å². The minimum atomic E-state index is -0.580. The Morgan fingerprint density at radius 1 is 1.47 bits per heavy atom. The van der Waals surface area contributed by atoms with E-state index in [1.165, 1.54) is 0 Å². The van der Waals surface area contributed by atoms with E-state index in [0.29, 0.717) is 16.8 Å². The first kappa shape index (κ1) is 13.5. The van der Waals surface area contributed by atoms with Gasteiger partial charge in [-0.05, 0) is 6.92 Å². The summed E-state index contributed by atoms with van der Waals surface area (Å²) in [4.78, 5) is 15.6. The van der Waals surface area contributed by atoms with Crippen molar-refractivity contribution in [1.29, 1.82) is 0 Å². The van der Waals surface area contributed by atoms with E-state index in [1.807, 2.05) is 0 Å². The molecule has 2 aromatic rings. The van der Waals surface area contributed by atoms with E-state index >= 15 is 0 Å². The number of carbonyl (C=O) groups excluding carboxylic acids is 1. The van der Waals surface area contributed by atoms with Gasteiger partial charge in [0.1, 0.15) is 0 Å². The molecule has 0 aliphatic carbocycles. The molecule has 0 atom stereocenters. The smallest absolute Gasteiger partial charge is 0.225 e. The fraction of sp³-hybridized carbons (Fsp3) is 0.462. The quantitative estimate of drug-likeness (QED) is 0.816. The molecule has 2 N–H and O–H groups in total. The molecule has 6 heteroatoms. The third-order valence-corrected chi connectivity index (χ3v) is 2.95. The molecule has 0 bridgehead atoms. The van der Waals surface area contributed by atoms with Crippen molar-refractivity contribution in [3.8, 4) is 0 Å². The average molecular weight is 264 g/mol. The highest BCUT2D eigenvalue weighted by Crippen LogP contribution is 2.21. The second-order valence-corrected chi connectivity index (χ2v) is 5.56. The molecule has 0 aromatic carbocycles. The molecule has 19 heavy (non-hydrogen) atoms. The highest BCUT2D eigenvalue weighted by Gasteiger charge is 2.22. The molecule has 1 amide bonds. The van der Waals surface area contributed by atoms with Gasteiger partial charge in [0.25, 0.3) is 0 Å². The molecule has 0 saturated heterocycles. The first-order valence-electron chi connectivity index (χ1n) is 6.07. The average Bonchev–Trinajstić information content (AvgIpc) is 2.76. The van der Waals surface area contributed by atoms with Crippen LogP contribution in [-0.4, -0.2) is 21.1 Å². The Labute approximate surface area is 110 Å². The molecular formula is C13H17FN4O. The van der Waals surface area contributed by atoms with Crippen LogP contribution in [0.1, 0.15) is 32.0 Å². The third-order valence-electron chi connectivity index (χ3n) is 2.95. The van der Waals surface area contributed by atoms with Gasteiger partial charge in [0.15, 0.2) is 0 Å². The molecule has 0 fully saturated rings. The van der Waals surface area contributed by atoms with Crippen LogP contribution in [0.2, 0.25) is 0 Å². The van der Waals surface area contributed by atoms with Gasteiger partial charge in [0.05, 0.1) is 23.0 Å². The SMILES string of the molecule is Cc1nc(F)c(CNC(=O)C(C)(C)C)c2[nH]ncc12. The van der Waals surface area contributed by atoms with Crippen LogP contribution < -0.4 is 5.32 Å². The Morgan fingerprint density at radius 2 is 2.16 bits per heavy atom. The minimum absolute atomic E-state index is 0.0912. The van der Waals surface area contributed by atoms with Crippen LogP contribution in [0.25, 0.3) is 10.9 Å². The first-order valence-corrected chi connectivity index (χ1v) is 6.07. The van der Waals surface area contributed by atoms with Gasteiger partial charge in [-0.25, -0.2) is 4.98 Å². The summed E-state index contributed by atoms with van der Waals surface area (Å²) in [5, 5.41) is 10.1. The first-order chi connectivity index (χ1) is 8.80. The Hall–Kier alpha value is -1.98. The Morgan fingerprint density at radius 3 is 2.79 bits per heavy atom. The van der Waals surface area contributed by atoms with Crippen molar-refractivity contribution in [2.75, 3.05) is 0 Å². The molecule has 0 saturated carbocycles. The molecule has 2 aromatic heterocycles.